The van der Waals surface area contributed by atoms with Gasteiger partial charge in [-0.2, -0.15) is 4.98 Å². The Morgan fingerprint density at radius 1 is 1.33 bits per heavy atom. The molecule has 1 N–H and O–H groups in total. The van der Waals surface area contributed by atoms with E-state index in [1.165, 1.54) is 6.33 Å². The molecule has 2 aromatic rings. The van der Waals surface area contributed by atoms with Crippen molar-refractivity contribution < 1.29 is 9.26 Å². The molecule has 0 saturated heterocycles. The molecule has 0 aliphatic carbocycles. The van der Waals surface area contributed by atoms with Crippen molar-refractivity contribution in [3.05, 3.63) is 23.6 Å². The molecule has 0 fully saturated rings. The Kier molecular flexibility index (Phi) is 3.71. The zero-order valence-electron chi connectivity index (χ0n) is 10.6. The molecule has 0 aromatic carbocycles. The number of rotatable bonds is 5. The highest BCUT2D eigenvalue weighted by Crippen LogP contribution is 2.19. The minimum absolute atomic E-state index is 0.572. The summed E-state index contributed by atoms with van der Waals surface area (Å²) in [4.78, 5) is 12.3. The molecular formula is C11H15N5O2. The van der Waals surface area contributed by atoms with Gasteiger partial charge >= 0.3 is 0 Å². The van der Waals surface area contributed by atoms with Crippen LogP contribution < -0.4 is 10.1 Å². The zero-order valence-corrected chi connectivity index (χ0v) is 10.6. The van der Waals surface area contributed by atoms with Gasteiger partial charge in [0.1, 0.15) is 12.1 Å². The van der Waals surface area contributed by atoms with Crippen LogP contribution in [0.5, 0.6) is 5.88 Å². The van der Waals surface area contributed by atoms with Crippen LogP contribution in [0.3, 0.4) is 0 Å². The van der Waals surface area contributed by atoms with Crippen LogP contribution in [-0.2, 0) is 6.42 Å². The van der Waals surface area contributed by atoms with Gasteiger partial charge in [-0.1, -0.05) is 5.16 Å². The number of nitrogens with one attached hydrogen (secondary N) is 1. The summed E-state index contributed by atoms with van der Waals surface area (Å²) in [6.45, 7) is 4.34. The molecule has 0 radical (unpaired) electrons. The van der Waals surface area contributed by atoms with Gasteiger partial charge in [0.05, 0.1) is 12.7 Å². The average Bonchev–Trinajstić information content (AvgIpc) is 2.77. The van der Waals surface area contributed by atoms with Crippen molar-refractivity contribution in [2.45, 2.75) is 20.3 Å². The molecule has 0 saturated carbocycles. The van der Waals surface area contributed by atoms with Gasteiger partial charge in [-0.05, 0) is 6.92 Å². The summed E-state index contributed by atoms with van der Waals surface area (Å²) in [6, 6.07) is 0. The Morgan fingerprint density at radius 2 is 2.17 bits per heavy atom. The van der Waals surface area contributed by atoms with E-state index in [1.54, 1.807) is 14.0 Å². The number of methoxy groups -OCH3 is 1. The van der Waals surface area contributed by atoms with Crippen LogP contribution in [-0.4, -0.2) is 33.8 Å². The van der Waals surface area contributed by atoms with Crippen molar-refractivity contribution in [2.75, 3.05) is 19.0 Å². The summed E-state index contributed by atoms with van der Waals surface area (Å²) < 4.78 is 10.0. The molecular weight excluding hydrogens is 234 g/mol. The van der Waals surface area contributed by atoms with Crippen molar-refractivity contribution in [3.8, 4) is 5.88 Å². The fourth-order valence-corrected chi connectivity index (χ4v) is 1.55. The number of hydrogen-bond acceptors (Lipinski definition) is 7. The molecule has 0 spiro atoms. The molecule has 0 amide bonds. The zero-order chi connectivity index (χ0) is 13.0. The molecule has 2 aromatic heterocycles. The van der Waals surface area contributed by atoms with E-state index in [2.05, 4.69) is 25.4 Å². The van der Waals surface area contributed by atoms with E-state index >= 15 is 0 Å². The Bertz CT molecular complexity index is 526. The quantitative estimate of drug-likeness (QED) is 0.850. The fourth-order valence-electron chi connectivity index (χ4n) is 1.55. The fraction of sp³-hybridized carbons (Fsp3) is 0.455. The van der Waals surface area contributed by atoms with Gasteiger partial charge in [0, 0.05) is 19.9 Å². The SMILES string of the molecule is COc1ncnc(NCCc2noc(C)n2)c1C. The number of anilines is 1. The van der Waals surface area contributed by atoms with Gasteiger partial charge in [0.25, 0.3) is 0 Å². The summed E-state index contributed by atoms with van der Waals surface area (Å²) in [5.74, 6) is 2.58. The Hall–Kier alpha value is -2.18. The summed E-state index contributed by atoms with van der Waals surface area (Å²) in [6.07, 6.45) is 2.13. The lowest BCUT2D eigenvalue weighted by Gasteiger charge is -2.09. The smallest absolute Gasteiger partial charge is 0.223 e. The van der Waals surface area contributed by atoms with Gasteiger partial charge in [0.15, 0.2) is 5.82 Å². The molecule has 0 aliphatic rings. The maximum absolute atomic E-state index is 5.12. The molecule has 2 heterocycles. The van der Waals surface area contributed by atoms with E-state index in [0.29, 0.717) is 30.6 Å². The van der Waals surface area contributed by atoms with Crippen LogP contribution in [0.15, 0.2) is 10.9 Å². The molecule has 18 heavy (non-hydrogen) atoms. The van der Waals surface area contributed by atoms with Crippen molar-refractivity contribution in [3.63, 3.8) is 0 Å². The maximum atomic E-state index is 5.12. The summed E-state index contributed by atoms with van der Waals surface area (Å²) >= 11 is 0. The molecule has 96 valence electrons. The first kappa shape index (κ1) is 12.3. The highest BCUT2D eigenvalue weighted by atomic mass is 16.5. The molecule has 7 nitrogen and oxygen atoms in total. The topological polar surface area (TPSA) is 86.0 Å². The maximum Gasteiger partial charge on any atom is 0.223 e. The van der Waals surface area contributed by atoms with E-state index in [1.807, 2.05) is 6.92 Å². The van der Waals surface area contributed by atoms with Crippen LogP contribution in [0, 0.1) is 13.8 Å². The van der Waals surface area contributed by atoms with E-state index in [0.717, 1.165) is 11.4 Å². The van der Waals surface area contributed by atoms with Crippen molar-refractivity contribution >= 4 is 5.82 Å². The van der Waals surface area contributed by atoms with E-state index in [4.69, 9.17) is 9.26 Å². The molecule has 0 atom stereocenters. The largest absolute Gasteiger partial charge is 0.481 e. The summed E-state index contributed by atoms with van der Waals surface area (Å²) in [5.41, 5.74) is 0.879. The highest BCUT2D eigenvalue weighted by Gasteiger charge is 2.07. The normalized spacial score (nSPS) is 10.4. The molecule has 2 rings (SSSR count). The predicted molar refractivity (Wildman–Crippen MR) is 64.5 cm³/mol. The first-order valence-corrected chi connectivity index (χ1v) is 5.59. The van der Waals surface area contributed by atoms with E-state index in [9.17, 15) is 0 Å². The summed E-state index contributed by atoms with van der Waals surface area (Å²) in [5, 5.41) is 7.01. The first-order chi connectivity index (χ1) is 8.70. The third kappa shape index (κ3) is 2.73. The minimum atomic E-state index is 0.572. The lowest BCUT2D eigenvalue weighted by Crippen LogP contribution is -2.09. The van der Waals surface area contributed by atoms with Gasteiger partial charge < -0.3 is 14.6 Å². The van der Waals surface area contributed by atoms with Gasteiger partial charge in [-0.25, -0.2) is 9.97 Å². The predicted octanol–water partition coefficient (Wildman–Crippen LogP) is 1.14. The van der Waals surface area contributed by atoms with Crippen molar-refractivity contribution in [1.82, 2.24) is 20.1 Å². The number of hydrogen-bond donors (Lipinski definition) is 1. The number of ether oxygens (including phenoxy) is 1. The first-order valence-electron chi connectivity index (χ1n) is 5.59. The monoisotopic (exact) mass is 249 g/mol. The highest BCUT2D eigenvalue weighted by molar-refractivity contribution is 5.47. The third-order valence-corrected chi connectivity index (χ3v) is 2.44. The average molecular weight is 249 g/mol. The molecule has 0 bridgehead atoms. The Morgan fingerprint density at radius 3 is 2.83 bits per heavy atom. The second kappa shape index (κ2) is 5.44. The summed E-state index contributed by atoms with van der Waals surface area (Å²) in [7, 11) is 1.58. The number of aryl methyl sites for hydroxylation is 1. The van der Waals surface area contributed by atoms with Gasteiger partial charge in [-0.3, -0.25) is 0 Å². The van der Waals surface area contributed by atoms with Crippen molar-refractivity contribution in [2.24, 2.45) is 0 Å². The van der Waals surface area contributed by atoms with Crippen molar-refractivity contribution in [1.29, 1.82) is 0 Å². The van der Waals surface area contributed by atoms with Crippen LogP contribution in [0.1, 0.15) is 17.3 Å². The molecule has 0 aliphatic heterocycles. The minimum Gasteiger partial charge on any atom is -0.481 e. The van der Waals surface area contributed by atoms with Crippen LogP contribution in [0.2, 0.25) is 0 Å². The molecule has 7 heteroatoms. The molecule has 0 unspecified atom stereocenters. The number of nitrogens with zero attached hydrogens (tertiary/aromatic N) is 4. The van der Waals surface area contributed by atoms with Crippen LogP contribution in [0.25, 0.3) is 0 Å². The second-order valence-corrected chi connectivity index (χ2v) is 3.76. The van der Waals surface area contributed by atoms with Gasteiger partial charge in [0.2, 0.25) is 11.8 Å². The van der Waals surface area contributed by atoms with Crippen LogP contribution in [0.4, 0.5) is 5.82 Å². The lowest BCUT2D eigenvalue weighted by atomic mass is 10.3. The van der Waals surface area contributed by atoms with Gasteiger partial charge in [-0.15, -0.1) is 0 Å². The Balaban J connectivity index is 1.94. The van der Waals surface area contributed by atoms with Crippen LogP contribution >= 0.6 is 0 Å². The number of aromatic nitrogens is 4. The second-order valence-electron chi connectivity index (χ2n) is 3.76. The standard InChI is InChI=1S/C11H15N5O2/c1-7-10(13-6-14-11(7)17-3)12-5-4-9-15-8(2)18-16-9/h6H,4-5H2,1-3H3,(H,12,13,14). The van der Waals surface area contributed by atoms with E-state index < -0.39 is 0 Å². The Labute approximate surface area is 105 Å². The third-order valence-electron chi connectivity index (χ3n) is 2.44. The lowest BCUT2D eigenvalue weighted by molar-refractivity contribution is 0.387. The van der Waals surface area contributed by atoms with E-state index in [-0.39, 0.29) is 0 Å².